The summed E-state index contributed by atoms with van der Waals surface area (Å²) in [5.74, 6) is 7.38. The van der Waals surface area contributed by atoms with E-state index in [1.54, 1.807) is 0 Å². The number of aliphatic hydroxyl groups is 1. The van der Waals surface area contributed by atoms with E-state index in [-0.39, 0.29) is 5.60 Å². The summed E-state index contributed by atoms with van der Waals surface area (Å²) in [6, 6.07) is 0. The van der Waals surface area contributed by atoms with Crippen molar-refractivity contribution in [3.05, 3.63) is 0 Å². The summed E-state index contributed by atoms with van der Waals surface area (Å²) in [4.78, 5) is 0. The molecule has 0 saturated heterocycles. The maximum Gasteiger partial charge on any atom is 0.0687 e. The largest absolute Gasteiger partial charge is 0.390 e. The maximum absolute atomic E-state index is 10.5. The fraction of sp³-hybridized carbons (Fsp3) is 1.00. The molecule has 10 atom stereocenters. The zero-order valence-corrected chi connectivity index (χ0v) is 9.68. The van der Waals surface area contributed by atoms with E-state index in [1.165, 1.54) is 0 Å². The van der Waals surface area contributed by atoms with Gasteiger partial charge in [-0.15, -0.1) is 0 Å². The molecule has 0 aromatic rings. The van der Waals surface area contributed by atoms with Crippen LogP contribution in [0.15, 0.2) is 0 Å². The lowest BCUT2D eigenvalue weighted by molar-refractivity contribution is -0.177. The first-order valence-electron chi connectivity index (χ1n) is 5.52. The molecule has 0 spiro atoms. The van der Waals surface area contributed by atoms with Crippen molar-refractivity contribution in [2.75, 3.05) is 0 Å². The summed E-state index contributed by atoms with van der Waals surface area (Å²) in [5, 5.41) is 10.5. The van der Waals surface area contributed by atoms with Crippen LogP contribution in [0.4, 0.5) is 0 Å². The molecule has 1 N–H and O–H groups in total. The summed E-state index contributed by atoms with van der Waals surface area (Å²) in [6.45, 7) is 2.13. The highest BCUT2D eigenvalue weighted by molar-refractivity contribution is 14.1. The summed E-state index contributed by atoms with van der Waals surface area (Å²) in [6.07, 6.45) is 0. The van der Waals surface area contributed by atoms with Crippen LogP contribution < -0.4 is 0 Å². The highest BCUT2D eigenvalue weighted by Gasteiger charge is 2.91. The first-order chi connectivity index (χ1) is 6.15. The van der Waals surface area contributed by atoms with Crippen LogP contribution in [0.25, 0.3) is 0 Å². The van der Waals surface area contributed by atoms with Crippen molar-refractivity contribution in [2.45, 2.75) is 16.4 Å². The Morgan fingerprint density at radius 1 is 0.923 bits per heavy atom. The van der Waals surface area contributed by atoms with Gasteiger partial charge in [0.05, 0.1) is 5.60 Å². The van der Waals surface area contributed by atoms with Crippen molar-refractivity contribution in [1.29, 1.82) is 0 Å². The lowest BCUT2D eigenvalue weighted by Gasteiger charge is -2.63. The van der Waals surface area contributed by atoms with E-state index in [1.807, 2.05) is 0 Å². The fourth-order valence-corrected chi connectivity index (χ4v) is 8.45. The van der Waals surface area contributed by atoms with Gasteiger partial charge < -0.3 is 5.11 Å². The fourth-order valence-electron chi connectivity index (χ4n) is 6.57. The Labute approximate surface area is 91.4 Å². The van der Waals surface area contributed by atoms with Gasteiger partial charge in [-0.25, -0.2) is 0 Å². The Kier molecular flexibility index (Phi) is 0.828. The Morgan fingerprint density at radius 3 is 2.00 bits per heavy atom. The molecule has 0 aromatic carbocycles. The van der Waals surface area contributed by atoms with Crippen LogP contribution in [0.2, 0.25) is 0 Å². The van der Waals surface area contributed by atoms with E-state index in [2.05, 4.69) is 29.5 Å². The Bertz CT molecular complexity index is 337. The van der Waals surface area contributed by atoms with Gasteiger partial charge in [0.15, 0.2) is 0 Å². The van der Waals surface area contributed by atoms with Crippen LogP contribution in [-0.4, -0.2) is 14.6 Å². The topological polar surface area (TPSA) is 20.2 Å². The molecule has 6 fully saturated rings. The molecule has 6 aliphatic carbocycles. The molecule has 0 amide bonds. The van der Waals surface area contributed by atoms with Crippen LogP contribution >= 0.6 is 22.6 Å². The van der Waals surface area contributed by atoms with Crippen molar-refractivity contribution < 1.29 is 5.11 Å². The third-order valence-corrected chi connectivity index (χ3v) is 8.07. The van der Waals surface area contributed by atoms with Crippen LogP contribution in [-0.2, 0) is 0 Å². The third-order valence-electron chi connectivity index (χ3n) is 6.41. The highest BCUT2D eigenvalue weighted by Crippen LogP contribution is 2.91. The lowest BCUT2D eigenvalue weighted by Crippen LogP contribution is -2.61. The van der Waals surface area contributed by atoms with Crippen LogP contribution in [0.3, 0.4) is 0 Å². The molecule has 0 heterocycles. The molecule has 13 heavy (non-hydrogen) atoms. The smallest absolute Gasteiger partial charge is 0.0687 e. The molecule has 2 heteroatoms. The number of hydrogen-bond donors (Lipinski definition) is 1. The zero-order chi connectivity index (χ0) is 8.70. The van der Waals surface area contributed by atoms with Gasteiger partial charge in [0.2, 0.25) is 0 Å². The molecule has 0 aromatic heterocycles. The lowest BCUT2D eigenvalue weighted by atomic mass is 9.41. The molecule has 0 aliphatic heterocycles. The average Bonchev–Trinajstić information content (AvgIpc) is 2.42. The van der Waals surface area contributed by atoms with E-state index in [4.69, 9.17) is 0 Å². The molecule has 6 aliphatic rings. The molecule has 4 bridgehead atoms. The summed E-state index contributed by atoms with van der Waals surface area (Å²) in [7, 11) is 0. The average molecular weight is 288 g/mol. The molecular weight excluding hydrogens is 275 g/mol. The predicted molar refractivity (Wildman–Crippen MR) is 56.4 cm³/mol. The van der Waals surface area contributed by atoms with E-state index < -0.39 is 0 Å². The SMILES string of the molecule is C[C@@]1(O)[C@@H]2[C@H]3[C@@H]4[C@@H]5[C@@H](I)[C@@H]([C@H]42)[C@H]1[C@H]53. The van der Waals surface area contributed by atoms with Crippen molar-refractivity contribution >= 4 is 22.6 Å². The second-order valence-corrected chi connectivity index (χ2v) is 7.62. The first-order valence-corrected chi connectivity index (χ1v) is 6.76. The normalized spacial score (nSPS) is 90.2. The number of hydrogen-bond acceptors (Lipinski definition) is 1. The molecule has 1 nitrogen and oxygen atoms in total. The van der Waals surface area contributed by atoms with Crippen LogP contribution in [0.5, 0.6) is 0 Å². The summed E-state index contributed by atoms with van der Waals surface area (Å²) >= 11 is 2.68. The van der Waals surface area contributed by atoms with Crippen LogP contribution in [0.1, 0.15) is 6.92 Å². The second-order valence-electron chi connectivity index (χ2n) is 6.19. The standard InChI is InChI=1S/C11H13IO/c1-11(13)8-3-2-4(8)7-9(11)5(3)6(2)10(7)12/h2-10,13H,1H3/t2-,3-,4-,5-,6-,7-,8+,9+,10+,11+/m0/s1. The van der Waals surface area contributed by atoms with E-state index in [9.17, 15) is 5.11 Å². The minimum absolute atomic E-state index is 0.254. The van der Waals surface area contributed by atoms with Gasteiger partial charge in [-0.1, -0.05) is 22.6 Å². The minimum Gasteiger partial charge on any atom is -0.390 e. The van der Waals surface area contributed by atoms with Gasteiger partial charge >= 0.3 is 0 Å². The monoisotopic (exact) mass is 288 g/mol. The molecule has 6 rings (SSSR count). The quantitative estimate of drug-likeness (QED) is 0.529. The first kappa shape index (κ1) is 7.04. The Balaban J connectivity index is 1.83. The molecule has 70 valence electrons. The van der Waals surface area contributed by atoms with Crippen molar-refractivity contribution in [3.63, 3.8) is 0 Å². The molecule has 0 radical (unpaired) electrons. The van der Waals surface area contributed by atoms with Crippen molar-refractivity contribution in [3.8, 4) is 0 Å². The van der Waals surface area contributed by atoms with E-state index >= 15 is 0 Å². The van der Waals surface area contributed by atoms with Crippen molar-refractivity contribution in [2.24, 2.45) is 47.3 Å². The van der Waals surface area contributed by atoms with Gasteiger partial charge in [0.25, 0.3) is 0 Å². The van der Waals surface area contributed by atoms with Gasteiger partial charge in [-0.3, -0.25) is 0 Å². The number of alkyl halides is 1. The zero-order valence-electron chi connectivity index (χ0n) is 7.52. The van der Waals surface area contributed by atoms with E-state index in [0.717, 1.165) is 45.3 Å². The number of halogens is 1. The Morgan fingerprint density at radius 2 is 1.46 bits per heavy atom. The minimum atomic E-state index is -0.254. The Hall–Kier alpha value is 0.690. The van der Waals surface area contributed by atoms with E-state index in [0.29, 0.717) is 5.92 Å². The van der Waals surface area contributed by atoms with Gasteiger partial charge in [0.1, 0.15) is 0 Å². The summed E-state index contributed by atoms with van der Waals surface area (Å²) < 4.78 is 0.929. The van der Waals surface area contributed by atoms with Gasteiger partial charge in [-0.2, -0.15) is 0 Å². The highest BCUT2D eigenvalue weighted by atomic mass is 127. The second kappa shape index (κ2) is 1.53. The summed E-state index contributed by atoms with van der Waals surface area (Å²) in [5.41, 5.74) is -0.254. The third kappa shape index (κ3) is 0.394. The number of rotatable bonds is 0. The molecule has 0 unspecified atom stereocenters. The maximum atomic E-state index is 10.5. The molecule has 6 saturated carbocycles. The van der Waals surface area contributed by atoms with Gasteiger partial charge in [-0.05, 0) is 54.3 Å². The predicted octanol–water partition coefficient (Wildman–Crippen LogP) is 1.54. The van der Waals surface area contributed by atoms with Crippen LogP contribution in [0, 0.1) is 47.3 Å². The van der Waals surface area contributed by atoms with Crippen molar-refractivity contribution in [1.82, 2.24) is 0 Å². The molecular formula is C11H13IO. The van der Waals surface area contributed by atoms with Gasteiger partial charge in [0, 0.05) is 3.92 Å².